The fourth-order valence-electron chi connectivity index (χ4n) is 2.99. The number of hydrogen-bond donors (Lipinski definition) is 1. The van der Waals surface area contributed by atoms with Gasteiger partial charge in [-0.15, -0.1) is 0 Å². The quantitative estimate of drug-likeness (QED) is 0.639. The summed E-state index contributed by atoms with van der Waals surface area (Å²) in [6.45, 7) is 0.804. The molecule has 0 fully saturated rings. The van der Waals surface area contributed by atoms with E-state index in [0.717, 1.165) is 35.0 Å². The van der Waals surface area contributed by atoms with Crippen molar-refractivity contribution in [3.05, 3.63) is 103 Å². The van der Waals surface area contributed by atoms with Gasteiger partial charge in [-0.1, -0.05) is 36.4 Å². The number of nitrogens with two attached hydrogens (primary N) is 1. The molecule has 1 heterocycles. The fraction of sp³-hybridized carbons (Fsp3) is 0.0435. The third-order valence-electron chi connectivity index (χ3n) is 4.31. The van der Waals surface area contributed by atoms with E-state index in [9.17, 15) is 0 Å². The van der Waals surface area contributed by atoms with Gasteiger partial charge in [-0.2, -0.15) is 0 Å². The zero-order valence-electron chi connectivity index (χ0n) is 14.4. The van der Waals surface area contributed by atoms with Gasteiger partial charge in [0.2, 0.25) is 0 Å². The maximum atomic E-state index is 5.92. The van der Waals surface area contributed by atoms with E-state index in [0.29, 0.717) is 0 Å². The molecule has 0 bridgehead atoms. The molecule has 0 saturated carbocycles. The largest absolute Gasteiger partial charge is 0.457 e. The number of ether oxygens (including phenoxy) is 1. The van der Waals surface area contributed by atoms with Crippen molar-refractivity contribution in [1.82, 2.24) is 0 Å². The van der Waals surface area contributed by atoms with Crippen LogP contribution in [-0.2, 0) is 0 Å². The molecule has 128 valence electrons. The summed E-state index contributed by atoms with van der Waals surface area (Å²) in [6, 6.07) is 25.9. The molecule has 0 saturated heterocycles. The SMILES string of the molecule is Nc1cccc(C2=CC=CN(c3ccc(Oc4ccccc4)cc3)C2)c1. The van der Waals surface area contributed by atoms with Gasteiger partial charge >= 0.3 is 0 Å². The van der Waals surface area contributed by atoms with Crippen LogP contribution in [0.1, 0.15) is 5.56 Å². The summed E-state index contributed by atoms with van der Waals surface area (Å²) < 4.78 is 5.86. The minimum absolute atomic E-state index is 0.784. The van der Waals surface area contributed by atoms with Crippen molar-refractivity contribution in [1.29, 1.82) is 0 Å². The first kappa shape index (κ1) is 16.0. The Hall–Kier alpha value is -3.46. The van der Waals surface area contributed by atoms with Crippen LogP contribution in [0.5, 0.6) is 11.5 Å². The molecule has 26 heavy (non-hydrogen) atoms. The lowest BCUT2D eigenvalue weighted by Gasteiger charge is -2.25. The number of anilines is 2. The lowest BCUT2D eigenvalue weighted by atomic mass is 10.0. The second-order valence-corrected chi connectivity index (χ2v) is 6.20. The summed E-state index contributed by atoms with van der Waals surface area (Å²) in [7, 11) is 0. The monoisotopic (exact) mass is 340 g/mol. The van der Waals surface area contributed by atoms with Gasteiger partial charge in [0.25, 0.3) is 0 Å². The number of allylic oxidation sites excluding steroid dienone is 2. The van der Waals surface area contributed by atoms with Crippen LogP contribution in [0, 0.1) is 0 Å². The highest BCUT2D eigenvalue weighted by atomic mass is 16.5. The molecule has 0 radical (unpaired) electrons. The van der Waals surface area contributed by atoms with E-state index in [-0.39, 0.29) is 0 Å². The Kier molecular flexibility index (Phi) is 4.44. The fourth-order valence-corrected chi connectivity index (χ4v) is 2.99. The predicted molar refractivity (Wildman–Crippen MR) is 108 cm³/mol. The molecule has 2 N–H and O–H groups in total. The maximum Gasteiger partial charge on any atom is 0.127 e. The van der Waals surface area contributed by atoms with Crippen LogP contribution >= 0.6 is 0 Å². The molecule has 0 atom stereocenters. The Morgan fingerprint density at radius 3 is 2.35 bits per heavy atom. The van der Waals surface area contributed by atoms with E-state index in [2.05, 4.69) is 41.5 Å². The molecular weight excluding hydrogens is 320 g/mol. The molecule has 1 aliphatic rings. The molecule has 0 spiro atoms. The molecule has 1 aliphatic heterocycles. The third-order valence-corrected chi connectivity index (χ3v) is 4.31. The van der Waals surface area contributed by atoms with Gasteiger partial charge in [-0.25, -0.2) is 0 Å². The van der Waals surface area contributed by atoms with Gasteiger partial charge in [-0.05, 0) is 65.7 Å². The van der Waals surface area contributed by atoms with Crippen molar-refractivity contribution in [3.63, 3.8) is 0 Å². The molecule has 3 nitrogen and oxygen atoms in total. The second-order valence-electron chi connectivity index (χ2n) is 6.20. The van der Waals surface area contributed by atoms with Crippen LogP contribution in [-0.4, -0.2) is 6.54 Å². The van der Waals surface area contributed by atoms with E-state index < -0.39 is 0 Å². The number of nitrogen functional groups attached to an aromatic ring is 1. The van der Waals surface area contributed by atoms with Gasteiger partial charge in [0, 0.05) is 24.1 Å². The van der Waals surface area contributed by atoms with E-state index in [1.165, 1.54) is 5.57 Å². The molecule has 3 aromatic carbocycles. The summed E-state index contributed by atoms with van der Waals surface area (Å²) in [4.78, 5) is 2.21. The minimum atomic E-state index is 0.784. The van der Waals surface area contributed by atoms with E-state index in [1.807, 2.05) is 60.7 Å². The minimum Gasteiger partial charge on any atom is -0.457 e. The summed E-state index contributed by atoms with van der Waals surface area (Å²) in [5.41, 5.74) is 10.2. The number of hydrogen-bond acceptors (Lipinski definition) is 3. The highest BCUT2D eigenvalue weighted by Gasteiger charge is 2.11. The second kappa shape index (κ2) is 7.19. The van der Waals surface area contributed by atoms with Gasteiger partial charge in [0.1, 0.15) is 11.5 Å². The molecular formula is C23H20N2O. The van der Waals surface area contributed by atoms with Crippen molar-refractivity contribution in [2.45, 2.75) is 0 Å². The molecule has 0 amide bonds. The van der Waals surface area contributed by atoms with Crippen molar-refractivity contribution < 1.29 is 4.74 Å². The molecule has 3 aromatic rings. The smallest absolute Gasteiger partial charge is 0.127 e. The van der Waals surface area contributed by atoms with Crippen LogP contribution in [0.4, 0.5) is 11.4 Å². The van der Waals surface area contributed by atoms with Crippen LogP contribution in [0.3, 0.4) is 0 Å². The highest BCUT2D eigenvalue weighted by Crippen LogP contribution is 2.28. The first-order valence-electron chi connectivity index (χ1n) is 8.61. The molecule has 0 aliphatic carbocycles. The Morgan fingerprint density at radius 2 is 1.58 bits per heavy atom. The third kappa shape index (κ3) is 3.62. The maximum absolute atomic E-state index is 5.92. The van der Waals surface area contributed by atoms with Crippen molar-refractivity contribution in [2.75, 3.05) is 17.2 Å². The Morgan fingerprint density at radius 1 is 0.808 bits per heavy atom. The zero-order valence-corrected chi connectivity index (χ0v) is 14.4. The number of benzene rings is 3. The van der Waals surface area contributed by atoms with Crippen LogP contribution in [0.15, 0.2) is 97.2 Å². The predicted octanol–water partition coefficient (Wildman–Crippen LogP) is 5.48. The van der Waals surface area contributed by atoms with E-state index in [4.69, 9.17) is 10.5 Å². The Labute approximate surface area is 153 Å². The van der Waals surface area contributed by atoms with Crippen molar-refractivity contribution in [2.24, 2.45) is 0 Å². The molecule has 3 heteroatoms. The standard InChI is InChI=1S/C23H20N2O/c24-20-8-4-6-18(16-20)19-7-5-15-25(17-19)21-11-13-23(14-12-21)26-22-9-2-1-3-10-22/h1-16H,17,24H2. The van der Waals surface area contributed by atoms with E-state index in [1.54, 1.807) is 0 Å². The number of nitrogens with zero attached hydrogens (tertiary/aromatic N) is 1. The normalized spacial score (nSPS) is 13.4. The van der Waals surface area contributed by atoms with Gasteiger partial charge in [-0.3, -0.25) is 0 Å². The topological polar surface area (TPSA) is 38.5 Å². The summed E-state index contributed by atoms with van der Waals surface area (Å²) in [5, 5.41) is 0. The zero-order chi connectivity index (χ0) is 17.8. The molecule has 0 aromatic heterocycles. The molecule has 4 rings (SSSR count). The van der Waals surface area contributed by atoms with Gasteiger partial charge in [0.05, 0.1) is 0 Å². The molecule has 0 unspecified atom stereocenters. The van der Waals surface area contributed by atoms with Crippen molar-refractivity contribution >= 4 is 16.9 Å². The van der Waals surface area contributed by atoms with Gasteiger partial charge in [0.15, 0.2) is 0 Å². The average molecular weight is 340 g/mol. The summed E-state index contributed by atoms with van der Waals surface area (Å²) >= 11 is 0. The van der Waals surface area contributed by atoms with E-state index >= 15 is 0 Å². The Bertz CT molecular complexity index is 943. The average Bonchev–Trinajstić information content (AvgIpc) is 2.69. The first-order chi connectivity index (χ1) is 12.8. The number of para-hydroxylation sites is 1. The van der Waals surface area contributed by atoms with Crippen LogP contribution < -0.4 is 15.4 Å². The van der Waals surface area contributed by atoms with Crippen LogP contribution in [0.2, 0.25) is 0 Å². The summed E-state index contributed by atoms with van der Waals surface area (Å²) in [6.07, 6.45) is 6.29. The lowest BCUT2D eigenvalue weighted by molar-refractivity contribution is 0.483. The van der Waals surface area contributed by atoms with Crippen molar-refractivity contribution in [3.8, 4) is 11.5 Å². The number of rotatable bonds is 4. The first-order valence-corrected chi connectivity index (χ1v) is 8.61. The van der Waals surface area contributed by atoms with Crippen LogP contribution in [0.25, 0.3) is 5.57 Å². The Balaban J connectivity index is 1.48. The lowest BCUT2D eigenvalue weighted by Crippen LogP contribution is -2.20. The summed E-state index contributed by atoms with van der Waals surface area (Å²) in [5.74, 6) is 1.66. The highest BCUT2D eigenvalue weighted by molar-refractivity contribution is 5.75. The van der Waals surface area contributed by atoms with Gasteiger partial charge < -0.3 is 15.4 Å².